The van der Waals surface area contributed by atoms with Crippen LogP contribution in [-0.4, -0.2) is 26.7 Å². The highest BCUT2D eigenvalue weighted by Crippen LogP contribution is 2.18. The van der Waals surface area contributed by atoms with Crippen LogP contribution >= 0.6 is 0 Å². The maximum atomic E-state index is 9.89. The first-order valence-corrected chi connectivity index (χ1v) is 5.77. The minimum absolute atomic E-state index is 0.0562. The molecule has 0 aliphatic heterocycles. The van der Waals surface area contributed by atoms with Crippen LogP contribution < -0.4 is 4.74 Å². The van der Waals surface area contributed by atoms with Crippen LogP contribution in [0.4, 0.5) is 5.82 Å². The highest BCUT2D eigenvalue weighted by atomic mass is 16.5. The molecule has 0 saturated heterocycles. The average Bonchev–Trinajstić information content (AvgIpc) is 2.43. The van der Waals surface area contributed by atoms with E-state index < -0.39 is 0 Å². The Balaban J connectivity index is 0.000000211. The van der Waals surface area contributed by atoms with E-state index in [9.17, 15) is 4.79 Å². The van der Waals surface area contributed by atoms with Crippen LogP contribution in [0.2, 0.25) is 0 Å². The van der Waals surface area contributed by atoms with E-state index in [1.54, 1.807) is 13.8 Å². The third-order valence-electron chi connectivity index (χ3n) is 2.32. The van der Waals surface area contributed by atoms with Gasteiger partial charge in [-0.25, -0.2) is 4.98 Å². The molecule has 2 aromatic rings. The van der Waals surface area contributed by atoms with Crippen molar-refractivity contribution >= 4 is 12.3 Å². The first-order chi connectivity index (χ1) is 9.97. The molecule has 0 amide bonds. The van der Waals surface area contributed by atoms with E-state index >= 15 is 0 Å². The molecule has 0 saturated carbocycles. The summed E-state index contributed by atoms with van der Waals surface area (Å²) in [4.78, 5) is 20.4. The molecular formula is C14H13N3O4. The summed E-state index contributed by atoms with van der Waals surface area (Å²) in [5, 5.41) is 17.8. The van der Waals surface area contributed by atoms with E-state index in [-0.39, 0.29) is 17.4 Å². The van der Waals surface area contributed by atoms with Crippen molar-refractivity contribution < 1.29 is 19.7 Å². The van der Waals surface area contributed by atoms with Crippen molar-refractivity contribution in [3.63, 3.8) is 0 Å². The zero-order chi connectivity index (χ0) is 15.8. The summed E-state index contributed by atoms with van der Waals surface area (Å²) in [7, 11) is 0. The minimum atomic E-state index is 0.0562. The van der Waals surface area contributed by atoms with Gasteiger partial charge in [-0.1, -0.05) is 6.57 Å². The average molecular weight is 287 g/mol. The number of carbonyl (C=O) groups excluding carboxylic acids is 1. The predicted octanol–water partition coefficient (Wildman–Crippen LogP) is 2.28. The molecule has 0 aromatic carbocycles. The summed E-state index contributed by atoms with van der Waals surface area (Å²) in [6, 6.07) is 2.98. The van der Waals surface area contributed by atoms with Gasteiger partial charge in [-0.3, -0.25) is 4.79 Å². The fraction of sp³-hybridized carbons (Fsp3) is 0.143. The summed E-state index contributed by atoms with van der Waals surface area (Å²) < 4.78 is 4.49. The second kappa shape index (κ2) is 7.45. The van der Waals surface area contributed by atoms with Crippen LogP contribution in [0.15, 0.2) is 24.5 Å². The zero-order valence-corrected chi connectivity index (χ0v) is 11.4. The van der Waals surface area contributed by atoms with Gasteiger partial charge in [0.1, 0.15) is 5.75 Å². The van der Waals surface area contributed by atoms with Crippen molar-refractivity contribution in [1.29, 1.82) is 0 Å². The molecule has 2 rings (SSSR count). The lowest BCUT2D eigenvalue weighted by molar-refractivity contribution is -0.121. The Morgan fingerprint density at radius 3 is 2.19 bits per heavy atom. The molecule has 2 N–H and O–H groups in total. The largest absolute Gasteiger partial charge is 0.506 e. The monoisotopic (exact) mass is 287 g/mol. The topological polar surface area (TPSA) is 96.9 Å². The number of nitrogens with zero attached hydrogens (tertiary/aromatic N) is 3. The van der Waals surface area contributed by atoms with Gasteiger partial charge in [-0.05, 0) is 31.5 Å². The third kappa shape index (κ3) is 4.80. The lowest BCUT2D eigenvalue weighted by Crippen LogP contribution is -1.93. The lowest BCUT2D eigenvalue weighted by Gasteiger charge is -1.99. The molecule has 7 heteroatoms. The van der Waals surface area contributed by atoms with Gasteiger partial charge in [0.05, 0.1) is 6.20 Å². The molecule has 2 heterocycles. The van der Waals surface area contributed by atoms with Crippen LogP contribution in [-0.2, 0) is 4.79 Å². The van der Waals surface area contributed by atoms with Crippen molar-refractivity contribution in [2.45, 2.75) is 13.8 Å². The Kier molecular flexibility index (Phi) is 5.65. The summed E-state index contributed by atoms with van der Waals surface area (Å²) in [5.74, 6) is 0.723. The van der Waals surface area contributed by atoms with Gasteiger partial charge in [0, 0.05) is 5.56 Å². The number of carbonyl (C=O) groups is 1. The number of pyridine rings is 2. The van der Waals surface area contributed by atoms with Crippen LogP contribution in [0.25, 0.3) is 4.85 Å². The predicted molar refractivity (Wildman–Crippen MR) is 74.2 cm³/mol. The standard InChI is InChI=1S/C7H6N2O.C7H7NO3/c1-5-3-6(10)4-9-7(5)8-2;1-5-2-6(10)3-8-7(5)11-4-9/h3-4,10H,1H3;2-4,10H,1H3. The van der Waals surface area contributed by atoms with Gasteiger partial charge in [-0.2, -0.15) is 0 Å². The molecule has 21 heavy (non-hydrogen) atoms. The Bertz CT molecular complexity index is 680. The second-order valence-corrected chi connectivity index (χ2v) is 3.98. The molecule has 0 aliphatic carbocycles. The summed E-state index contributed by atoms with van der Waals surface area (Å²) in [6.45, 7) is 10.4. The van der Waals surface area contributed by atoms with Crippen molar-refractivity contribution in [3.8, 4) is 17.4 Å². The van der Waals surface area contributed by atoms with E-state index in [0.29, 0.717) is 23.4 Å². The number of ether oxygens (including phenoxy) is 1. The molecule has 0 spiro atoms. The van der Waals surface area contributed by atoms with Crippen molar-refractivity contribution in [1.82, 2.24) is 9.97 Å². The maximum Gasteiger partial charge on any atom is 0.299 e. The molecule has 0 bridgehead atoms. The molecule has 108 valence electrons. The Morgan fingerprint density at radius 1 is 1.14 bits per heavy atom. The lowest BCUT2D eigenvalue weighted by atomic mass is 10.3. The summed E-state index contributed by atoms with van der Waals surface area (Å²) in [6.07, 6.45) is 2.48. The Hall–Kier alpha value is -3.14. The van der Waals surface area contributed by atoms with Gasteiger partial charge in [0.2, 0.25) is 5.88 Å². The fourth-order valence-corrected chi connectivity index (χ4v) is 1.39. The van der Waals surface area contributed by atoms with Crippen LogP contribution in [0, 0.1) is 20.4 Å². The van der Waals surface area contributed by atoms with Crippen molar-refractivity contribution in [2.24, 2.45) is 0 Å². The van der Waals surface area contributed by atoms with Gasteiger partial charge in [0.25, 0.3) is 12.3 Å². The minimum Gasteiger partial charge on any atom is -0.506 e. The summed E-state index contributed by atoms with van der Waals surface area (Å²) >= 11 is 0. The first kappa shape index (κ1) is 15.9. The van der Waals surface area contributed by atoms with E-state index in [2.05, 4.69) is 19.5 Å². The number of rotatable bonds is 2. The van der Waals surface area contributed by atoms with Gasteiger partial charge < -0.3 is 19.8 Å². The molecule has 0 unspecified atom stereocenters. The molecule has 2 aromatic heterocycles. The molecule has 0 aliphatic rings. The van der Waals surface area contributed by atoms with Crippen molar-refractivity contribution in [2.75, 3.05) is 0 Å². The number of aryl methyl sites for hydroxylation is 2. The number of aromatic hydroxyl groups is 2. The molecule has 0 atom stereocenters. The van der Waals surface area contributed by atoms with E-state index in [0.717, 1.165) is 0 Å². The fourth-order valence-electron chi connectivity index (χ4n) is 1.39. The molecule has 7 nitrogen and oxygen atoms in total. The highest BCUT2D eigenvalue weighted by Gasteiger charge is 2.00. The van der Waals surface area contributed by atoms with Crippen LogP contribution in [0.1, 0.15) is 11.1 Å². The number of hydrogen-bond donors (Lipinski definition) is 2. The van der Waals surface area contributed by atoms with Crippen LogP contribution in [0.3, 0.4) is 0 Å². The second-order valence-electron chi connectivity index (χ2n) is 3.98. The quantitative estimate of drug-likeness (QED) is 0.649. The molecule has 0 radical (unpaired) electrons. The smallest absolute Gasteiger partial charge is 0.299 e. The number of hydrogen-bond acceptors (Lipinski definition) is 6. The van der Waals surface area contributed by atoms with Crippen molar-refractivity contribution in [3.05, 3.63) is 47.1 Å². The van der Waals surface area contributed by atoms with E-state index in [1.165, 1.54) is 24.5 Å². The van der Waals surface area contributed by atoms with E-state index in [1.807, 2.05) is 0 Å². The maximum absolute atomic E-state index is 9.89. The SMILES string of the molecule is Cc1cc(O)cnc1OC=O.[C-]#[N+]c1ncc(O)cc1C. The third-order valence-corrected chi connectivity index (χ3v) is 2.32. The Labute approximate surface area is 121 Å². The summed E-state index contributed by atoms with van der Waals surface area (Å²) in [5.41, 5.74) is 1.33. The van der Waals surface area contributed by atoms with Gasteiger partial charge in [-0.15, -0.1) is 4.98 Å². The van der Waals surface area contributed by atoms with Crippen LogP contribution in [0.5, 0.6) is 17.4 Å². The first-order valence-electron chi connectivity index (χ1n) is 5.77. The van der Waals surface area contributed by atoms with Gasteiger partial charge >= 0.3 is 0 Å². The van der Waals surface area contributed by atoms with Gasteiger partial charge in [0.15, 0.2) is 11.9 Å². The zero-order valence-electron chi connectivity index (χ0n) is 11.4. The molecular weight excluding hydrogens is 274 g/mol. The normalized spacial score (nSPS) is 9.00. The number of aromatic nitrogens is 2. The highest BCUT2D eigenvalue weighted by molar-refractivity contribution is 5.46. The Morgan fingerprint density at radius 2 is 1.71 bits per heavy atom. The molecule has 0 fully saturated rings. The van der Waals surface area contributed by atoms with E-state index in [4.69, 9.17) is 16.8 Å².